The van der Waals surface area contributed by atoms with Crippen molar-refractivity contribution in [3.8, 4) is 17.3 Å². The van der Waals surface area contributed by atoms with Gasteiger partial charge < -0.3 is 4.74 Å². The zero-order valence-electron chi connectivity index (χ0n) is 17.0. The van der Waals surface area contributed by atoms with Gasteiger partial charge in [-0.2, -0.15) is 9.78 Å². The molecule has 0 aliphatic carbocycles. The Morgan fingerprint density at radius 2 is 1.81 bits per heavy atom. The van der Waals surface area contributed by atoms with Crippen LogP contribution in [0.5, 0.6) is 11.6 Å². The van der Waals surface area contributed by atoms with Crippen LogP contribution < -0.4 is 10.3 Å². The van der Waals surface area contributed by atoms with Crippen molar-refractivity contribution >= 4 is 25.8 Å². The first-order valence-electron chi connectivity index (χ1n) is 9.56. The van der Waals surface area contributed by atoms with E-state index in [1.807, 2.05) is 30.3 Å². The van der Waals surface area contributed by atoms with Crippen molar-refractivity contribution < 1.29 is 13.2 Å². The molecule has 0 bridgehead atoms. The SMILES string of the molecule is CS(=O)(=O)c1cc(-n2ncccc2=O)c(Cc2ccccc2)cc1Oc1ccc(Br)cn1. The third-order valence-electron chi connectivity index (χ3n) is 4.64. The van der Waals surface area contributed by atoms with Crippen LogP contribution in [0.4, 0.5) is 0 Å². The Morgan fingerprint density at radius 1 is 1.03 bits per heavy atom. The number of nitrogens with zero attached hydrogens (tertiary/aromatic N) is 3. The summed E-state index contributed by atoms with van der Waals surface area (Å²) < 4.78 is 33.1. The molecule has 0 aliphatic heterocycles. The van der Waals surface area contributed by atoms with Gasteiger partial charge >= 0.3 is 0 Å². The first-order chi connectivity index (χ1) is 15.3. The van der Waals surface area contributed by atoms with Gasteiger partial charge in [0.05, 0.1) is 5.69 Å². The second kappa shape index (κ2) is 9.05. The van der Waals surface area contributed by atoms with Crippen LogP contribution in [0.15, 0.2) is 93.3 Å². The Morgan fingerprint density at radius 3 is 2.47 bits per heavy atom. The molecule has 0 radical (unpaired) electrons. The van der Waals surface area contributed by atoms with Crippen molar-refractivity contribution in [1.29, 1.82) is 0 Å². The number of rotatable bonds is 6. The molecule has 9 heteroatoms. The predicted octanol–water partition coefficient (Wildman–Crippen LogP) is 4.18. The highest BCUT2D eigenvalue weighted by molar-refractivity contribution is 9.10. The Balaban J connectivity index is 1.93. The Bertz CT molecular complexity index is 1420. The van der Waals surface area contributed by atoms with Gasteiger partial charge in [0.25, 0.3) is 5.56 Å². The molecule has 0 atom stereocenters. The summed E-state index contributed by atoms with van der Waals surface area (Å²) in [5.74, 6) is 0.368. The van der Waals surface area contributed by atoms with E-state index in [0.717, 1.165) is 16.3 Å². The van der Waals surface area contributed by atoms with E-state index < -0.39 is 9.84 Å². The van der Waals surface area contributed by atoms with Gasteiger partial charge in [-0.05, 0) is 57.7 Å². The molecule has 0 fully saturated rings. The van der Waals surface area contributed by atoms with Crippen molar-refractivity contribution in [2.24, 2.45) is 0 Å². The van der Waals surface area contributed by atoms with Crippen LogP contribution in [0, 0.1) is 0 Å². The third-order valence-corrected chi connectivity index (χ3v) is 6.23. The molecule has 2 aromatic carbocycles. The summed E-state index contributed by atoms with van der Waals surface area (Å²) in [5.41, 5.74) is 1.66. The summed E-state index contributed by atoms with van der Waals surface area (Å²) in [7, 11) is -3.70. The maximum atomic E-state index is 12.6. The third kappa shape index (κ3) is 4.95. The van der Waals surface area contributed by atoms with Gasteiger partial charge in [-0.1, -0.05) is 30.3 Å². The molecule has 32 heavy (non-hydrogen) atoms. The van der Waals surface area contributed by atoms with E-state index in [1.54, 1.807) is 24.4 Å². The fourth-order valence-electron chi connectivity index (χ4n) is 3.19. The molecule has 0 amide bonds. The van der Waals surface area contributed by atoms with E-state index >= 15 is 0 Å². The molecule has 4 aromatic rings. The zero-order valence-corrected chi connectivity index (χ0v) is 19.4. The van der Waals surface area contributed by atoms with Crippen molar-refractivity contribution in [3.63, 3.8) is 0 Å². The van der Waals surface area contributed by atoms with Gasteiger partial charge in [0.2, 0.25) is 5.88 Å². The monoisotopic (exact) mass is 511 g/mol. The number of aromatic nitrogens is 3. The first kappa shape index (κ1) is 21.9. The summed E-state index contributed by atoms with van der Waals surface area (Å²) >= 11 is 3.31. The number of hydrogen-bond donors (Lipinski definition) is 0. The number of hydrogen-bond acceptors (Lipinski definition) is 6. The molecule has 0 spiro atoms. The van der Waals surface area contributed by atoms with E-state index in [0.29, 0.717) is 17.7 Å². The van der Waals surface area contributed by atoms with Crippen LogP contribution in [0.1, 0.15) is 11.1 Å². The average molecular weight is 512 g/mol. The Labute approximate surface area is 193 Å². The van der Waals surface area contributed by atoms with Crippen LogP contribution in [0.2, 0.25) is 0 Å². The van der Waals surface area contributed by atoms with Crippen LogP contribution in [-0.2, 0) is 16.3 Å². The number of benzene rings is 2. The van der Waals surface area contributed by atoms with E-state index in [4.69, 9.17) is 4.74 Å². The topological polar surface area (TPSA) is 91.2 Å². The molecular formula is C23H18BrN3O4S. The smallest absolute Gasteiger partial charge is 0.271 e. The van der Waals surface area contributed by atoms with Crippen molar-refractivity contribution in [2.75, 3.05) is 6.26 Å². The van der Waals surface area contributed by atoms with Gasteiger partial charge in [-0.3, -0.25) is 4.79 Å². The number of halogens is 1. The molecule has 7 nitrogen and oxygen atoms in total. The number of sulfone groups is 1. The van der Waals surface area contributed by atoms with E-state index in [9.17, 15) is 13.2 Å². The molecule has 0 unspecified atom stereocenters. The molecule has 2 heterocycles. The fourth-order valence-corrected chi connectivity index (χ4v) is 4.22. The van der Waals surface area contributed by atoms with Crippen LogP contribution in [-0.4, -0.2) is 29.4 Å². The largest absolute Gasteiger partial charge is 0.438 e. The predicted molar refractivity (Wildman–Crippen MR) is 124 cm³/mol. The molecule has 0 N–H and O–H groups in total. The molecule has 4 rings (SSSR count). The molecule has 162 valence electrons. The highest BCUT2D eigenvalue weighted by Crippen LogP contribution is 2.33. The maximum absolute atomic E-state index is 12.6. The lowest BCUT2D eigenvalue weighted by Gasteiger charge is -2.16. The lowest BCUT2D eigenvalue weighted by molar-refractivity contribution is 0.448. The second-order valence-electron chi connectivity index (χ2n) is 7.05. The normalized spacial score (nSPS) is 11.3. The number of ether oxygens (including phenoxy) is 1. The van der Waals surface area contributed by atoms with E-state index in [1.165, 1.54) is 29.1 Å². The summed E-state index contributed by atoms with van der Waals surface area (Å²) in [6.07, 6.45) is 4.56. The highest BCUT2D eigenvalue weighted by atomic mass is 79.9. The van der Waals surface area contributed by atoms with Gasteiger partial charge in [0, 0.05) is 35.3 Å². The van der Waals surface area contributed by atoms with Crippen molar-refractivity contribution in [3.05, 3.63) is 105 Å². The summed E-state index contributed by atoms with van der Waals surface area (Å²) in [4.78, 5) is 16.6. The fraction of sp³-hybridized carbons (Fsp3) is 0.0870. The maximum Gasteiger partial charge on any atom is 0.271 e. The minimum atomic E-state index is -3.70. The zero-order chi connectivity index (χ0) is 22.7. The lowest BCUT2D eigenvalue weighted by atomic mass is 10.0. The quantitative estimate of drug-likeness (QED) is 0.385. The highest BCUT2D eigenvalue weighted by Gasteiger charge is 2.21. The standard InChI is InChI=1S/C23H18BrN3O4S/c1-32(29,30)21-14-19(27-23(28)8-5-11-26-27)17(12-16-6-3-2-4-7-16)13-20(21)31-22-10-9-18(24)15-25-22/h2-11,13-15H,12H2,1H3. The minimum Gasteiger partial charge on any atom is -0.438 e. The second-order valence-corrected chi connectivity index (χ2v) is 9.95. The van der Waals surface area contributed by atoms with Crippen molar-refractivity contribution in [2.45, 2.75) is 11.3 Å². The minimum absolute atomic E-state index is 0.0633. The molecular weight excluding hydrogens is 494 g/mol. The Hall–Kier alpha value is -3.30. The average Bonchev–Trinajstić information content (AvgIpc) is 2.76. The summed E-state index contributed by atoms with van der Waals surface area (Å²) in [6, 6.07) is 19.0. The van der Waals surface area contributed by atoms with Gasteiger partial charge in [0.1, 0.15) is 10.6 Å². The van der Waals surface area contributed by atoms with Gasteiger partial charge in [0.15, 0.2) is 9.84 Å². The summed E-state index contributed by atoms with van der Waals surface area (Å²) in [5, 5.41) is 4.15. The van der Waals surface area contributed by atoms with Gasteiger partial charge in [-0.25, -0.2) is 13.4 Å². The first-order valence-corrected chi connectivity index (χ1v) is 12.2. The van der Waals surface area contributed by atoms with Crippen LogP contribution in [0.3, 0.4) is 0 Å². The lowest BCUT2D eigenvalue weighted by Crippen LogP contribution is -2.21. The van der Waals surface area contributed by atoms with E-state index in [-0.39, 0.29) is 22.1 Å². The van der Waals surface area contributed by atoms with Crippen LogP contribution in [0.25, 0.3) is 5.69 Å². The molecule has 0 saturated heterocycles. The van der Waals surface area contributed by atoms with Crippen LogP contribution >= 0.6 is 15.9 Å². The Kier molecular flexibility index (Phi) is 6.20. The van der Waals surface area contributed by atoms with E-state index in [2.05, 4.69) is 26.0 Å². The molecule has 0 saturated carbocycles. The molecule has 0 aliphatic rings. The summed E-state index contributed by atoms with van der Waals surface area (Å²) in [6.45, 7) is 0. The molecule has 2 aromatic heterocycles. The van der Waals surface area contributed by atoms with Gasteiger partial charge in [-0.15, -0.1) is 0 Å². The number of pyridine rings is 1. The van der Waals surface area contributed by atoms with Crippen molar-refractivity contribution in [1.82, 2.24) is 14.8 Å².